The monoisotopic (exact) mass is 257 g/mol. The van der Waals surface area contributed by atoms with E-state index in [2.05, 4.69) is 0 Å². The Bertz CT molecular complexity index is 325. The highest BCUT2D eigenvalue weighted by Gasteiger charge is 2.33. The molecule has 1 fully saturated rings. The smallest absolute Gasteiger partial charge is 0.242 e. The van der Waals surface area contributed by atoms with Crippen molar-refractivity contribution in [3.63, 3.8) is 0 Å². The van der Waals surface area contributed by atoms with Gasteiger partial charge in [-0.2, -0.15) is 0 Å². The highest BCUT2D eigenvalue weighted by Crippen LogP contribution is 2.21. The van der Waals surface area contributed by atoms with Gasteiger partial charge in [-0.05, 0) is 5.41 Å². The first-order valence-corrected chi connectivity index (χ1v) is 6.15. The van der Waals surface area contributed by atoms with Crippen LogP contribution in [0, 0.1) is 5.41 Å². The standard InChI is InChI=1S/C12H23N3O3/c1-12(2,3)9(13)6-10(16)15-4-5-18-7-8(15)11(14)17/h8-9H,4-7,13H2,1-3H3,(H2,14,17). The van der Waals surface area contributed by atoms with Gasteiger partial charge in [0.05, 0.1) is 13.2 Å². The van der Waals surface area contributed by atoms with Gasteiger partial charge in [-0.15, -0.1) is 0 Å². The molecule has 18 heavy (non-hydrogen) atoms. The SMILES string of the molecule is CC(C)(C)C(N)CC(=O)N1CCOCC1C(N)=O. The normalized spacial score (nSPS) is 22.7. The van der Waals surface area contributed by atoms with Crippen LogP contribution in [0.3, 0.4) is 0 Å². The second kappa shape index (κ2) is 5.67. The molecule has 1 rings (SSSR count). The van der Waals surface area contributed by atoms with Gasteiger partial charge in [0.2, 0.25) is 11.8 Å². The van der Waals surface area contributed by atoms with Crippen LogP contribution in [0.5, 0.6) is 0 Å². The molecule has 0 bridgehead atoms. The van der Waals surface area contributed by atoms with Crippen molar-refractivity contribution in [1.29, 1.82) is 0 Å². The summed E-state index contributed by atoms with van der Waals surface area (Å²) in [6, 6.07) is -0.917. The van der Waals surface area contributed by atoms with Crippen molar-refractivity contribution >= 4 is 11.8 Å². The Morgan fingerprint density at radius 3 is 2.56 bits per heavy atom. The fourth-order valence-electron chi connectivity index (χ4n) is 1.75. The lowest BCUT2D eigenvalue weighted by molar-refractivity contribution is -0.147. The van der Waals surface area contributed by atoms with Crippen LogP contribution in [0.15, 0.2) is 0 Å². The summed E-state index contributed by atoms with van der Waals surface area (Å²) >= 11 is 0. The largest absolute Gasteiger partial charge is 0.377 e. The van der Waals surface area contributed by atoms with Crippen LogP contribution in [0.4, 0.5) is 0 Å². The Kier molecular flexibility index (Phi) is 4.70. The van der Waals surface area contributed by atoms with Crippen LogP contribution >= 0.6 is 0 Å². The molecule has 2 atom stereocenters. The molecule has 1 saturated heterocycles. The van der Waals surface area contributed by atoms with Crippen molar-refractivity contribution in [3.8, 4) is 0 Å². The predicted molar refractivity (Wildman–Crippen MR) is 67.6 cm³/mol. The molecule has 2 amide bonds. The van der Waals surface area contributed by atoms with Gasteiger partial charge in [-0.3, -0.25) is 9.59 Å². The molecule has 0 aromatic rings. The number of ether oxygens (including phenoxy) is 1. The highest BCUT2D eigenvalue weighted by atomic mass is 16.5. The first kappa shape index (κ1) is 14.9. The third kappa shape index (κ3) is 3.68. The first-order chi connectivity index (χ1) is 8.23. The minimum Gasteiger partial charge on any atom is -0.377 e. The lowest BCUT2D eigenvalue weighted by Crippen LogP contribution is -2.56. The lowest BCUT2D eigenvalue weighted by atomic mass is 9.85. The zero-order chi connectivity index (χ0) is 13.9. The molecule has 1 aliphatic heterocycles. The van der Waals surface area contributed by atoms with Crippen LogP contribution < -0.4 is 11.5 Å². The predicted octanol–water partition coefficient (Wildman–Crippen LogP) is -0.537. The van der Waals surface area contributed by atoms with Gasteiger partial charge in [0.1, 0.15) is 6.04 Å². The molecule has 0 radical (unpaired) electrons. The number of nitrogens with zero attached hydrogens (tertiary/aromatic N) is 1. The van der Waals surface area contributed by atoms with Gasteiger partial charge in [-0.1, -0.05) is 20.8 Å². The van der Waals surface area contributed by atoms with Gasteiger partial charge >= 0.3 is 0 Å². The van der Waals surface area contributed by atoms with E-state index in [0.717, 1.165) is 0 Å². The van der Waals surface area contributed by atoms with Crippen LogP contribution in [0.25, 0.3) is 0 Å². The van der Waals surface area contributed by atoms with E-state index in [4.69, 9.17) is 16.2 Å². The maximum atomic E-state index is 12.2. The molecular formula is C12H23N3O3. The topological polar surface area (TPSA) is 98.7 Å². The number of amides is 2. The fraction of sp³-hybridized carbons (Fsp3) is 0.833. The highest BCUT2D eigenvalue weighted by molar-refractivity contribution is 5.87. The van der Waals surface area contributed by atoms with E-state index < -0.39 is 11.9 Å². The van der Waals surface area contributed by atoms with Gasteiger partial charge < -0.3 is 21.1 Å². The molecule has 0 aromatic carbocycles. The number of hydrogen-bond acceptors (Lipinski definition) is 4. The Labute approximate surface area is 108 Å². The van der Waals surface area contributed by atoms with E-state index in [-0.39, 0.29) is 30.4 Å². The van der Waals surface area contributed by atoms with E-state index in [1.807, 2.05) is 20.8 Å². The second-order valence-electron chi connectivity index (χ2n) is 5.76. The molecule has 6 nitrogen and oxygen atoms in total. The van der Waals surface area contributed by atoms with E-state index in [1.54, 1.807) is 0 Å². The van der Waals surface area contributed by atoms with Crippen LogP contribution in [-0.2, 0) is 14.3 Å². The number of hydrogen-bond donors (Lipinski definition) is 2. The summed E-state index contributed by atoms with van der Waals surface area (Å²) in [5.74, 6) is -0.670. The third-order valence-corrected chi connectivity index (χ3v) is 3.28. The number of nitrogens with two attached hydrogens (primary N) is 2. The average Bonchev–Trinajstić information content (AvgIpc) is 2.27. The van der Waals surface area contributed by atoms with E-state index >= 15 is 0 Å². The van der Waals surface area contributed by atoms with Crippen LogP contribution in [0.1, 0.15) is 27.2 Å². The molecule has 1 heterocycles. The molecule has 0 aliphatic carbocycles. The van der Waals surface area contributed by atoms with E-state index in [9.17, 15) is 9.59 Å². The Morgan fingerprint density at radius 2 is 2.06 bits per heavy atom. The Balaban J connectivity index is 2.67. The number of rotatable bonds is 3. The quantitative estimate of drug-likeness (QED) is 0.709. The van der Waals surface area contributed by atoms with Crippen LogP contribution in [-0.4, -0.2) is 48.6 Å². The van der Waals surface area contributed by atoms with Gasteiger partial charge in [-0.25, -0.2) is 0 Å². The van der Waals surface area contributed by atoms with Crippen molar-refractivity contribution in [1.82, 2.24) is 4.90 Å². The van der Waals surface area contributed by atoms with Crippen molar-refractivity contribution < 1.29 is 14.3 Å². The Morgan fingerprint density at radius 1 is 1.44 bits per heavy atom. The average molecular weight is 257 g/mol. The maximum absolute atomic E-state index is 12.2. The summed E-state index contributed by atoms with van der Waals surface area (Å²) in [4.78, 5) is 24.9. The summed E-state index contributed by atoms with van der Waals surface area (Å²) in [6.07, 6.45) is 0.216. The number of morpholine rings is 1. The van der Waals surface area contributed by atoms with Crippen molar-refractivity contribution in [2.45, 2.75) is 39.3 Å². The summed E-state index contributed by atoms with van der Waals surface area (Å²) in [7, 11) is 0. The lowest BCUT2D eigenvalue weighted by Gasteiger charge is -2.35. The molecule has 104 valence electrons. The summed E-state index contributed by atoms with van der Waals surface area (Å²) in [5.41, 5.74) is 11.1. The van der Waals surface area contributed by atoms with Crippen molar-refractivity contribution in [3.05, 3.63) is 0 Å². The van der Waals surface area contributed by atoms with E-state index in [1.165, 1.54) is 4.90 Å². The number of carbonyl (C=O) groups excluding carboxylic acids is 2. The first-order valence-electron chi connectivity index (χ1n) is 6.15. The summed E-state index contributed by atoms with van der Waals surface area (Å²) in [5, 5.41) is 0. The molecule has 2 unspecified atom stereocenters. The number of carbonyl (C=O) groups is 2. The minimum absolute atomic E-state index is 0.135. The molecular weight excluding hydrogens is 234 g/mol. The number of primary amides is 1. The molecule has 0 saturated carbocycles. The fourth-order valence-corrected chi connectivity index (χ4v) is 1.75. The minimum atomic E-state index is -0.668. The van der Waals surface area contributed by atoms with E-state index in [0.29, 0.717) is 13.2 Å². The summed E-state index contributed by atoms with van der Waals surface area (Å²) in [6.45, 7) is 6.94. The Hall–Kier alpha value is -1.14. The molecule has 4 N–H and O–H groups in total. The molecule has 6 heteroatoms. The molecule has 1 aliphatic rings. The van der Waals surface area contributed by atoms with Crippen molar-refractivity contribution in [2.24, 2.45) is 16.9 Å². The zero-order valence-corrected chi connectivity index (χ0v) is 11.3. The third-order valence-electron chi connectivity index (χ3n) is 3.28. The van der Waals surface area contributed by atoms with Crippen molar-refractivity contribution in [2.75, 3.05) is 19.8 Å². The van der Waals surface area contributed by atoms with Gasteiger partial charge in [0.15, 0.2) is 0 Å². The second-order valence-corrected chi connectivity index (χ2v) is 5.76. The maximum Gasteiger partial charge on any atom is 0.242 e. The van der Waals surface area contributed by atoms with Crippen LogP contribution in [0.2, 0.25) is 0 Å². The zero-order valence-electron chi connectivity index (χ0n) is 11.3. The molecule has 0 spiro atoms. The summed E-state index contributed by atoms with van der Waals surface area (Å²) < 4.78 is 5.17. The van der Waals surface area contributed by atoms with Gasteiger partial charge in [0.25, 0.3) is 0 Å². The van der Waals surface area contributed by atoms with Gasteiger partial charge in [0, 0.05) is 19.0 Å². The molecule has 0 aromatic heterocycles.